The van der Waals surface area contributed by atoms with Gasteiger partial charge in [-0.3, -0.25) is 0 Å². The molecular formula is C18H20N2O7S. The molecule has 10 heteroatoms. The Bertz CT molecular complexity index is 863. The molecule has 1 heterocycles. The Kier molecular flexibility index (Phi) is 7.88. The summed E-state index contributed by atoms with van der Waals surface area (Å²) < 4.78 is 20.8. The number of carboxylic acids is 1. The van der Waals surface area contributed by atoms with E-state index in [2.05, 4.69) is 10.2 Å². The van der Waals surface area contributed by atoms with E-state index in [1.165, 1.54) is 13.2 Å². The first-order valence-electron chi connectivity index (χ1n) is 8.38. The highest BCUT2D eigenvalue weighted by molar-refractivity contribution is 8.03. The van der Waals surface area contributed by atoms with Crippen molar-refractivity contribution in [2.45, 2.75) is 25.5 Å². The number of carboxylic acid groups (broad SMARTS) is 1. The summed E-state index contributed by atoms with van der Waals surface area (Å²) in [6.07, 6.45) is 2.00. The topological polar surface area (TPSA) is 121 Å². The van der Waals surface area contributed by atoms with Crippen molar-refractivity contribution >= 4 is 29.8 Å². The summed E-state index contributed by atoms with van der Waals surface area (Å²) >= 11 is 0.853. The maximum Gasteiger partial charge on any atom is 0.344 e. The summed E-state index contributed by atoms with van der Waals surface area (Å²) in [5.41, 5.74) is 0.556. The molecule has 0 bridgehead atoms. The molecule has 0 atom stereocenters. The predicted octanol–water partition coefficient (Wildman–Crippen LogP) is 2.80. The van der Waals surface area contributed by atoms with Gasteiger partial charge in [-0.2, -0.15) is 0 Å². The van der Waals surface area contributed by atoms with E-state index in [9.17, 15) is 14.7 Å². The van der Waals surface area contributed by atoms with Crippen molar-refractivity contribution in [1.29, 1.82) is 0 Å². The van der Waals surface area contributed by atoms with Crippen LogP contribution in [0.5, 0.6) is 11.5 Å². The van der Waals surface area contributed by atoms with Gasteiger partial charge in [-0.1, -0.05) is 13.0 Å². The van der Waals surface area contributed by atoms with Crippen LogP contribution in [0.3, 0.4) is 0 Å². The van der Waals surface area contributed by atoms with Gasteiger partial charge in [0.25, 0.3) is 5.22 Å². The largest absolute Gasteiger partial charge is 0.493 e. The molecular weight excluding hydrogens is 388 g/mol. The van der Waals surface area contributed by atoms with Crippen molar-refractivity contribution in [3.63, 3.8) is 0 Å². The summed E-state index contributed by atoms with van der Waals surface area (Å²) in [7, 11) is 1.44. The Balaban J connectivity index is 2.19. The van der Waals surface area contributed by atoms with Crippen LogP contribution in [0, 0.1) is 0 Å². The Hall–Kier alpha value is -3.01. The minimum absolute atomic E-state index is 0.00597. The first-order chi connectivity index (χ1) is 13.5. The second kappa shape index (κ2) is 10.4. The molecule has 150 valence electrons. The van der Waals surface area contributed by atoms with Gasteiger partial charge in [0.15, 0.2) is 18.1 Å². The van der Waals surface area contributed by atoms with Crippen molar-refractivity contribution in [1.82, 2.24) is 10.2 Å². The zero-order chi connectivity index (χ0) is 20.5. The number of hydrogen-bond acceptors (Lipinski definition) is 9. The van der Waals surface area contributed by atoms with E-state index in [1.807, 2.05) is 6.92 Å². The number of ether oxygens (including phenoxy) is 3. The summed E-state index contributed by atoms with van der Waals surface area (Å²) in [5.74, 6) is -0.524. The first-order valence-corrected chi connectivity index (χ1v) is 9.20. The highest BCUT2D eigenvalue weighted by Crippen LogP contribution is 2.32. The van der Waals surface area contributed by atoms with E-state index in [1.54, 1.807) is 25.1 Å². The van der Waals surface area contributed by atoms with Crippen molar-refractivity contribution in [3.05, 3.63) is 34.6 Å². The predicted molar refractivity (Wildman–Crippen MR) is 100 cm³/mol. The number of esters is 1. The maximum atomic E-state index is 11.6. The molecule has 0 aliphatic carbocycles. The second-order valence-corrected chi connectivity index (χ2v) is 6.23. The summed E-state index contributed by atoms with van der Waals surface area (Å²) in [4.78, 5) is 23.0. The van der Waals surface area contributed by atoms with Crippen molar-refractivity contribution in [3.8, 4) is 11.5 Å². The third-order valence-corrected chi connectivity index (χ3v) is 4.15. The number of rotatable bonds is 10. The molecule has 28 heavy (non-hydrogen) atoms. The van der Waals surface area contributed by atoms with Crippen LogP contribution >= 0.6 is 11.8 Å². The zero-order valence-corrected chi connectivity index (χ0v) is 16.4. The van der Waals surface area contributed by atoms with Gasteiger partial charge in [0, 0.05) is 6.42 Å². The fraction of sp³-hybridized carbons (Fsp3) is 0.333. The van der Waals surface area contributed by atoms with Gasteiger partial charge in [-0.05, 0) is 42.5 Å². The lowest BCUT2D eigenvalue weighted by molar-refractivity contribution is -0.145. The van der Waals surface area contributed by atoms with Gasteiger partial charge in [-0.25, -0.2) is 9.59 Å². The minimum atomic E-state index is -1.14. The molecule has 0 spiro atoms. The number of methoxy groups -OCH3 is 1. The normalized spacial score (nSPS) is 11.2. The summed E-state index contributed by atoms with van der Waals surface area (Å²) in [6.45, 7) is 3.56. The quantitative estimate of drug-likeness (QED) is 0.357. The number of hydrogen-bond donors (Lipinski definition) is 1. The lowest BCUT2D eigenvalue weighted by Gasteiger charge is -2.11. The van der Waals surface area contributed by atoms with Crippen LogP contribution in [0.25, 0.3) is 6.08 Å². The molecule has 0 fully saturated rings. The number of carbonyl (C=O) groups is 2. The number of aromatic nitrogens is 2. The van der Waals surface area contributed by atoms with Gasteiger partial charge in [-0.15, -0.1) is 10.2 Å². The van der Waals surface area contributed by atoms with Gasteiger partial charge in [0.2, 0.25) is 5.89 Å². The van der Waals surface area contributed by atoms with Crippen LogP contribution in [0.2, 0.25) is 0 Å². The molecule has 0 unspecified atom stereocenters. The van der Waals surface area contributed by atoms with E-state index in [4.69, 9.17) is 18.6 Å². The number of benzene rings is 1. The monoisotopic (exact) mass is 408 g/mol. The highest BCUT2D eigenvalue weighted by Gasteiger charge is 2.16. The molecule has 0 radical (unpaired) electrons. The lowest BCUT2D eigenvalue weighted by Crippen LogP contribution is -2.14. The molecule has 0 aliphatic heterocycles. The summed E-state index contributed by atoms with van der Waals surface area (Å²) in [6, 6.07) is 4.81. The van der Waals surface area contributed by atoms with Crippen LogP contribution in [-0.2, 0) is 20.7 Å². The molecule has 2 rings (SSSR count). The Morgan fingerprint density at radius 1 is 1.25 bits per heavy atom. The van der Waals surface area contributed by atoms with E-state index >= 15 is 0 Å². The third kappa shape index (κ3) is 6.02. The molecule has 1 N–H and O–H groups in total. The summed E-state index contributed by atoms with van der Waals surface area (Å²) in [5, 5.41) is 17.2. The van der Waals surface area contributed by atoms with Crippen LogP contribution in [0.1, 0.15) is 25.3 Å². The number of carbonyl (C=O) groups excluding carboxylic acids is 1. The number of aliphatic carboxylic acids is 1. The molecule has 0 saturated carbocycles. The Morgan fingerprint density at radius 3 is 2.64 bits per heavy atom. The van der Waals surface area contributed by atoms with E-state index in [0.717, 1.165) is 11.8 Å². The molecule has 0 aliphatic rings. The second-order valence-electron chi connectivity index (χ2n) is 5.24. The van der Waals surface area contributed by atoms with Crippen LogP contribution in [0.4, 0.5) is 0 Å². The smallest absolute Gasteiger partial charge is 0.344 e. The lowest BCUT2D eigenvalue weighted by atomic mass is 10.2. The zero-order valence-electron chi connectivity index (χ0n) is 15.6. The van der Waals surface area contributed by atoms with Crippen LogP contribution < -0.4 is 9.47 Å². The third-order valence-electron chi connectivity index (χ3n) is 3.30. The fourth-order valence-corrected chi connectivity index (χ4v) is 2.73. The van der Waals surface area contributed by atoms with Crippen molar-refractivity contribution in [2.24, 2.45) is 0 Å². The molecule has 0 saturated heterocycles. The number of nitrogens with zero attached hydrogens (tertiary/aromatic N) is 2. The van der Waals surface area contributed by atoms with E-state index < -0.39 is 11.9 Å². The molecule has 1 aromatic carbocycles. The van der Waals surface area contributed by atoms with Crippen LogP contribution in [0.15, 0.2) is 32.7 Å². The SMILES string of the molecule is CCOC(=O)COc1ccc(/C=C(\Sc2nnc(CC)o2)C(=O)O)cc1OC. The fourth-order valence-electron chi connectivity index (χ4n) is 2.04. The molecule has 0 amide bonds. The van der Waals surface area contributed by atoms with Gasteiger partial charge in [0.05, 0.1) is 13.7 Å². The Labute approximate surface area is 165 Å². The molecule has 9 nitrogen and oxygen atoms in total. The highest BCUT2D eigenvalue weighted by atomic mass is 32.2. The maximum absolute atomic E-state index is 11.6. The van der Waals surface area contributed by atoms with E-state index in [-0.39, 0.29) is 23.3 Å². The average Bonchev–Trinajstić information content (AvgIpc) is 3.14. The van der Waals surface area contributed by atoms with Crippen molar-refractivity contribution in [2.75, 3.05) is 20.3 Å². The van der Waals surface area contributed by atoms with Gasteiger partial charge in [0.1, 0.15) is 4.91 Å². The Morgan fingerprint density at radius 2 is 2.04 bits per heavy atom. The van der Waals surface area contributed by atoms with Crippen molar-refractivity contribution < 1.29 is 33.3 Å². The first kappa shape index (κ1) is 21.3. The number of thioether (sulfide) groups is 1. The van der Waals surface area contributed by atoms with Gasteiger partial charge < -0.3 is 23.7 Å². The van der Waals surface area contributed by atoms with Gasteiger partial charge >= 0.3 is 11.9 Å². The number of aryl methyl sites for hydroxylation is 1. The minimum Gasteiger partial charge on any atom is -0.493 e. The van der Waals surface area contributed by atoms with E-state index in [0.29, 0.717) is 29.4 Å². The van der Waals surface area contributed by atoms with Crippen LogP contribution in [-0.4, -0.2) is 47.6 Å². The average molecular weight is 408 g/mol. The molecule has 2 aromatic rings. The standard InChI is InChI=1S/C18H20N2O7S/c1-4-15-19-20-18(27-15)28-14(17(22)23)9-11-6-7-12(13(8-11)24-3)26-10-16(21)25-5-2/h6-9H,4-5,10H2,1-3H3,(H,22,23)/b14-9-. The molecule has 1 aromatic heterocycles.